The highest BCUT2D eigenvalue weighted by molar-refractivity contribution is 7.89. The van der Waals surface area contributed by atoms with E-state index in [2.05, 4.69) is 23.0 Å². The van der Waals surface area contributed by atoms with E-state index >= 15 is 0 Å². The number of carbonyl (C=O) groups is 1. The number of hydrogen-bond acceptors (Lipinski definition) is 5. The molecule has 27 heavy (non-hydrogen) atoms. The number of rotatable bonds is 10. The minimum Gasteiger partial charge on any atom is -0.299 e. The summed E-state index contributed by atoms with van der Waals surface area (Å²) in [5.74, 6) is -0.0745. The Balaban J connectivity index is 1.91. The molecule has 0 amide bonds. The van der Waals surface area contributed by atoms with Crippen molar-refractivity contribution in [3.63, 3.8) is 0 Å². The van der Waals surface area contributed by atoms with Crippen LogP contribution in [0.2, 0.25) is 0 Å². The maximum atomic E-state index is 12.8. The van der Waals surface area contributed by atoms with Crippen LogP contribution in [0.5, 0.6) is 0 Å². The van der Waals surface area contributed by atoms with Gasteiger partial charge in [0.15, 0.2) is 5.78 Å². The molecule has 0 saturated carbocycles. The summed E-state index contributed by atoms with van der Waals surface area (Å²) in [6.45, 7) is 14.8. The molecule has 0 aromatic heterocycles. The van der Waals surface area contributed by atoms with E-state index < -0.39 is 10.0 Å². The summed E-state index contributed by atoms with van der Waals surface area (Å²) >= 11 is 0. The van der Waals surface area contributed by atoms with Crippen LogP contribution in [-0.2, 0) is 10.0 Å². The fourth-order valence-electron chi connectivity index (χ4n) is 3.11. The monoisotopic (exact) mass is 391 g/mol. The minimum absolute atomic E-state index is 0.0745. The quantitative estimate of drug-likeness (QED) is 0.450. The van der Waals surface area contributed by atoms with Crippen molar-refractivity contribution >= 4 is 15.8 Å². The Kier molecular flexibility index (Phi) is 7.91. The molecule has 0 bridgehead atoms. The van der Waals surface area contributed by atoms with E-state index in [1.165, 1.54) is 23.4 Å². The predicted octanol–water partition coefficient (Wildman–Crippen LogP) is 1.87. The van der Waals surface area contributed by atoms with E-state index in [9.17, 15) is 13.2 Å². The molecule has 1 aliphatic heterocycles. The van der Waals surface area contributed by atoms with Gasteiger partial charge in [0, 0.05) is 57.9 Å². The molecule has 0 N–H and O–H groups in total. The Labute approximate surface area is 162 Å². The summed E-state index contributed by atoms with van der Waals surface area (Å²) in [5.41, 5.74) is 0.516. The van der Waals surface area contributed by atoms with E-state index in [4.69, 9.17) is 0 Å². The van der Waals surface area contributed by atoms with Gasteiger partial charge in [0.2, 0.25) is 10.0 Å². The first-order chi connectivity index (χ1) is 12.9. The number of piperazine rings is 1. The van der Waals surface area contributed by atoms with Crippen LogP contribution in [0.15, 0.2) is 54.5 Å². The first kappa shape index (κ1) is 21.5. The molecule has 1 aromatic carbocycles. The molecule has 1 fully saturated rings. The Morgan fingerprint density at radius 3 is 2.11 bits per heavy atom. The molecule has 0 aliphatic carbocycles. The highest BCUT2D eigenvalue weighted by Gasteiger charge is 2.28. The van der Waals surface area contributed by atoms with Gasteiger partial charge < -0.3 is 0 Å². The van der Waals surface area contributed by atoms with Crippen molar-refractivity contribution in [2.45, 2.75) is 11.8 Å². The number of Topliss-reactive ketones (excluding diaryl/α,β-unsaturated/α-hetero) is 1. The summed E-state index contributed by atoms with van der Waals surface area (Å²) in [6.07, 6.45) is 3.76. The molecule has 1 aliphatic rings. The molecule has 0 radical (unpaired) electrons. The number of benzene rings is 1. The Morgan fingerprint density at radius 1 is 1.07 bits per heavy atom. The number of ketones is 1. The Hall–Kier alpha value is -1.80. The summed E-state index contributed by atoms with van der Waals surface area (Å²) < 4.78 is 27.1. The van der Waals surface area contributed by atoms with Crippen LogP contribution in [0.3, 0.4) is 0 Å². The zero-order valence-corrected chi connectivity index (χ0v) is 16.8. The molecule has 0 atom stereocenters. The number of hydrogen-bond donors (Lipinski definition) is 0. The molecule has 1 aromatic rings. The average molecular weight is 392 g/mol. The lowest BCUT2D eigenvalue weighted by Gasteiger charge is -2.35. The van der Waals surface area contributed by atoms with Crippen LogP contribution in [-0.4, -0.2) is 80.7 Å². The maximum Gasteiger partial charge on any atom is 0.243 e. The van der Waals surface area contributed by atoms with Gasteiger partial charge in [-0.3, -0.25) is 14.6 Å². The molecule has 6 nitrogen and oxygen atoms in total. The zero-order valence-electron chi connectivity index (χ0n) is 16.0. The minimum atomic E-state index is -3.52. The normalized spacial score (nSPS) is 16.4. The van der Waals surface area contributed by atoms with Gasteiger partial charge in [0.1, 0.15) is 0 Å². The van der Waals surface area contributed by atoms with Crippen LogP contribution in [0.25, 0.3) is 0 Å². The first-order valence-corrected chi connectivity index (χ1v) is 10.6. The van der Waals surface area contributed by atoms with Crippen LogP contribution in [0.1, 0.15) is 17.3 Å². The molecule has 1 heterocycles. The van der Waals surface area contributed by atoms with Crippen LogP contribution in [0.4, 0.5) is 0 Å². The van der Waals surface area contributed by atoms with Crippen molar-refractivity contribution < 1.29 is 13.2 Å². The van der Waals surface area contributed by atoms with Gasteiger partial charge in [-0.2, -0.15) is 4.31 Å². The second-order valence-electron chi connectivity index (χ2n) is 6.66. The summed E-state index contributed by atoms with van der Waals surface area (Å²) in [7, 11) is -3.52. The third kappa shape index (κ3) is 5.84. The SMILES string of the molecule is C=CCN(CC=C)CCN1CCN(S(=O)(=O)c2ccc(C(C)=O)cc2)CC1. The van der Waals surface area contributed by atoms with Gasteiger partial charge in [0.25, 0.3) is 0 Å². The third-order valence-electron chi connectivity index (χ3n) is 4.74. The number of carbonyl (C=O) groups excluding carboxylic acids is 1. The van der Waals surface area contributed by atoms with Gasteiger partial charge in [0.05, 0.1) is 4.90 Å². The number of nitrogens with zero attached hydrogens (tertiary/aromatic N) is 3. The highest BCUT2D eigenvalue weighted by Crippen LogP contribution is 2.18. The predicted molar refractivity (Wildman–Crippen MR) is 108 cm³/mol. The molecule has 148 valence electrons. The Morgan fingerprint density at radius 2 is 1.63 bits per heavy atom. The van der Waals surface area contributed by atoms with Crippen molar-refractivity contribution in [3.05, 3.63) is 55.1 Å². The molecular formula is C20H29N3O3S. The van der Waals surface area contributed by atoms with Crippen molar-refractivity contribution in [3.8, 4) is 0 Å². The molecule has 0 unspecified atom stereocenters. The first-order valence-electron chi connectivity index (χ1n) is 9.16. The Bertz CT molecular complexity index is 741. The summed E-state index contributed by atoms with van der Waals surface area (Å²) in [6, 6.07) is 6.17. The second-order valence-corrected chi connectivity index (χ2v) is 8.60. The third-order valence-corrected chi connectivity index (χ3v) is 6.65. The van der Waals surface area contributed by atoms with Crippen molar-refractivity contribution in [2.75, 3.05) is 52.4 Å². The molecule has 0 spiro atoms. The van der Waals surface area contributed by atoms with E-state index in [1.54, 1.807) is 12.1 Å². The van der Waals surface area contributed by atoms with E-state index in [0.717, 1.165) is 26.2 Å². The molecule has 1 saturated heterocycles. The lowest BCUT2D eigenvalue weighted by atomic mass is 10.2. The van der Waals surface area contributed by atoms with Gasteiger partial charge in [-0.05, 0) is 19.1 Å². The lowest BCUT2D eigenvalue weighted by Crippen LogP contribution is -2.50. The fourth-order valence-corrected chi connectivity index (χ4v) is 4.53. The average Bonchev–Trinajstić information content (AvgIpc) is 2.67. The van der Waals surface area contributed by atoms with Crippen LogP contribution < -0.4 is 0 Å². The topological polar surface area (TPSA) is 60.9 Å². The van der Waals surface area contributed by atoms with E-state index in [-0.39, 0.29) is 10.7 Å². The zero-order chi connectivity index (χ0) is 19.9. The molecule has 7 heteroatoms. The fraction of sp³-hybridized carbons (Fsp3) is 0.450. The van der Waals surface area contributed by atoms with Gasteiger partial charge >= 0.3 is 0 Å². The van der Waals surface area contributed by atoms with Crippen LogP contribution in [0, 0.1) is 0 Å². The van der Waals surface area contributed by atoms with Crippen molar-refractivity contribution in [1.29, 1.82) is 0 Å². The van der Waals surface area contributed by atoms with Crippen molar-refractivity contribution in [1.82, 2.24) is 14.1 Å². The van der Waals surface area contributed by atoms with E-state index in [1.807, 2.05) is 12.2 Å². The highest BCUT2D eigenvalue weighted by atomic mass is 32.2. The van der Waals surface area contributed by atoms with Crippen LogP contribution >= 0.6 is 0 Å². The largest absolute Gasteiger partial charge is 0.299 e. The van der Waals surface area contributed by atoms with E-state index in [0.29, 0.717) is 31.7 Å². The maximum absolute atomic E-state index is 12.8. The van der Waals surface area contributed by atoms with Crippen molar-refractivity contribution in [2.24, 2.45) is 0 Å². The summed E-state index contributed by atoms with van der Waals surface area (Å²) in [4.78, 5) is 16.1. The van der Waals surface area contributed by atoms with Gasteiger partial charge in [-0.15, -0.1) is 13.2 Å². The van der Waals surface area contributed by atoms with Gasteiger partial charge in [-0.1, -0.05) is 24.3 Å². The number of sulfonamides is 1. The second kappa shape index (κ2) is 9.94. The lowest BCUT2D eigenvalue weighted by molar-refractivity contribution is 0.101. The smallest absolute Gasteiger partial charge is 0.243 e. The van der Waals surface area contributed by atoms with Gasteiger partial charge in [-0.25, -0.2) is 8.42 Å². The standard InChI is InChI=1S/C20H29N3O3S/c1-4-10-21(11-5-2)12-13-22-14-16-23(17-15-22)27(25,26)20-8-6-19(7-9-20)18(3)24/h4-9H,1-2,10-17H2,3H3. The molecular weight excluding hydrogens is 362 g/mol. The summed E-state index contributed by atoms with van der Waals surface area (Å²) in [5, 5.41) is 0. The molecule has 2 rings (SSSR count).